The van der Waals surface area contributed by atoms with Gasteiger partial charge in [0.2, 0.25) is 6.41 Å². The van der Waals surface area contributed by atoms with Crippen molar-refractivity contribution in [1.82, 2.24) is 5.06 Å². The van der Waals surface area contributed by atoms with Gasteiger partial charge >= 0.3 is 6.36 Å². The van der Waals surface area contributed by atoms with Gasteiger partial charge < -0.3 is 18.9 Å². The summed E-state index contributed by atoms with van der Waals surface area (Å²) in [5.41, 5.74) is 0.212. The number of carbonyl (C=O) groups is 1. The maximum atomic E-state index is 12.7. The lowest BCUT2D eigenvalue weighted by Gasteiger charge is -2.16. The summed E-state index contributed by atoms with van der Waals surface area (Å²) in [6.07, 6.45) is -5.38. The van der Waals surface area contributed by atoms with Crippen LogP contribution in [0.1, 0.15) is 12.5 Å². The first-order valence-electron chi connectivity index (χ1n) is 9.38. The number of benzene rings is 2. The summed E-state index contributed by atoms with van der Waals surface area (Å²) >= 11 is 0. The zero-order valence-electron chi connectivity index (χ0n) is 17.6. The Hall–Kier alpha value is -2.87. The molecule has 0 fully saturated rings. The summed E-state index contributed by atoms with van der Waals surface area (Å²) < 4.78 is 82.1. The second-order valence-electron chi connectivity index (χ2n) is 6.59. The van der Waals surface area contributed by atoms with Crippen molar-refractivity contribution < 1.29 is 50.5 Å². The number of hydrogen-bond donors (Lipinski definition) is 1. The fourth-order valence-corrected chi connectivity index (χ4v) is 3.97. The van der Waals surface area contributed by atoms with Gasteiger partial charge in [-0.2, -0.15) is 0 Å². The number of nitrogens with zero attached hydrogens (tertiary/aromatic N) is 1. The largest absolute Gasteiger partial charge is 0.573 e. The van der Waals surface area contributed by atoms with E-state index in [0.29, 0.717) is 0 Å². The van der Waals surface area contributed by atoms with Gasteiger partial charge in [-0.05, 0) is 49.4 Å². The van der Waals surface area contributed by atoms with Crippen molar-refractivity contribution in [3.05, 3.63) is 48.0 Å². The van der Waals surface area contributed by atoms with E-state index in [1.165, 1.54) is 37.4 Å². The Balaban J connectivity index is 2.27. The van der Waals surface area contributed by atoms with Gasteiger partial charge in [0.15, 0.2) is 16.1 Å². The highest BCUT2D eigenvalue weighted by molar-refractivity contribution is 7.91. The zero-order valence-corrected chi connectivity index (χ0v) is 18.4. The molecule has 1 atom stereocenters. The lowest BCUT2D eigenvalue weighted by atomic mass is 10.2. The van der Waals surface area contributed by atoms with Crippen molar-refractivity contribution >= 4 is 16.2 Å². The Kier molecular flexibility index (Phi) is 9.05. The Bertz CT molecular complexity index is 1030. The second kappa shape index (κ2) is 11.3. The molecular weight excluding hydrogens is 471 g/mol. The van der Waals surface area contributed by atoms with Crippen LogP contribution in [-0.2, 0) is 30.7 Å². The molecule has 0 radical (unpaired) electrons. The maximum absolute atomic E-state index is 12.7. The van der Waals surface area contributed by atoms with E-state index in [0.717, 1.165) is 12.1 Å². The van der Waals surface area contributed by atoms with Gasteiger partial charge in [-0.1, -0.05) is 0 Å². The van der Waals surface area contributed by atoms with Crippen LogP contribution in [-0.4, -0.2) is 57.2 Å². The SMILES string of the molecule is COC(C)OCc1cc(Oc2ccc(OC(F)(F)F)cc2)ccc1S(=O)(=O)CCN(O)C=O. The van der Waals surface area contributed by atoms with E-state index in [-0.39, 0.29) is 40.0 Å². The second-order valence-corrected chi connectivity index (χ2v) is 8.67. The summed E-state index contributed by atoms with van der Waals surface area (Å²) in [4.78, 5) is 10.4. The monoisotopic (exact) mass is 493 g/mol. The number of alkyl halides is 3. The van der Waals surface area contributed by atoms with Crippen LogP contribution >= 0.6 is 0 Å². The number of sulfone groups is 1. The average molecular weight is 493 g/mol. The van der Waals surface area contributed by atoms with Crippen molar-refractivity contribution in [2.75, 3.05) is 19.4 Å². The van der Waals surface area contributed by atoms with Gasteiger partial charge in [0.1, 0.15) is 17.2 Å². The molecule has 0 aliphatic rings. The molecule has 1 unspecified atom stereocenters. The maximum Gasteiger partial charge on any atom is 0.573 e. The molecule has 182 valence electrons. The molecule has 1 amide bonds. The first-order valence-corrected chi connectivity index (χ1v) is 11.0. The first kappa shape index (κ1) is 26.4. The van der Waals surface area contributed by atoms with Gasteiger partial charge in [0.25, 0.3) is 0 Å². The number of carbonyl (C=O) groups excluding carboxylic acids is 1. The Morgan fingerprint density at radius 3 is 2.27 bits per heavy atom. The molecule has 2 aromatic carbocycles. The van der Waals surface area contributed by atoms with E-state index < -0.39 is 40.5 Å². The van der Waals surface area contributed by atoms with Crippen molar-refractivity contribution in [2.45, 2.75) is 31.1 Å². The number of amides is 1. The topological polar surface area (TPSA) is 112 Å². The van der Waals surface area contributed by atoms with E-state index in [4.69, 9.17) is 14.2 Å². The summed E-state index contributed by atoms with van der Waals surface area (Å²) in [6.45, 7) is 0.994. The molecule has 0 saturated carbocycles. The molecule has 0 aliphatic heterocycles. The van der Waals surface area contributed by atoms with Crippen molar-refractivity contribution in [3.63, 3.8) is 0 Å². The van der Waals surface area contributed by atoms with Crippen LogP contribution in [0, 0.1) is 0 Å². The standard InChI is InChI=1S/C20H22F3NO8S/c1-14(29-2)30-12-15-11-18(7-8-19(15)33(27,28)10-9-24(26)13-25)31-16-3-5-17(6-4-16)32-20(21,22)23/h3-8,11,13-14,26H,9-10,12H2,1-2H3. The highest BCUT2D eigenvalue weighted by Crippen LogP contribution is 2.30. The molecule has 0 aromatic heterocycles. The number of rotatable bonds is 12. The molecule has 9 nitrogen and oxygen atoms in total. The molecule has 13 heteroatoms. The molecule has 0 saturated heterocycles. The van der Waals surface area contributed by atoms with Crippen LogP contribution in [0.4, 0.5) is 13.2 Å². The highest BCUT2D eigenvalue weighted by atomic mass is 32.2. The Morgan fingerprint density at radius 1 is 1.09 bits per heavy atom. The minimum Gasteiger partial charge on any atom is -0.457 e. The third-order valence-electron chi connectivity index (χ3n) is 4.18. The minimum atomic E-state index is -4.82. The van der Waals surface area contributed by atoms with E-state index >= 15 is 0 Å². The van der Waals surface area contributed by atoms with E-state index in [9.17, 15) is 31.6 Å². The third kappa shape index (κ3) is 8.53. The van der Waals surface area contributed by atoms with Gasteiger partial charge in [0, 0.05) is 12.7 Å². The number of hydroxylamine groups is 2. The predicted octanol–water partition coefficient (Wildman–Crippen LogP) is 3.51. The predicted molar refractivity (Wildman–Crippen MR) is 108 cm³/mol. The van der Waals surface area contributed by atoms with Gasteiger partial charge in [-0.25, -0.2) is 13.5 Å². The average Bonchev–Trinajstić information content (AvgIpc) is 2.76. The molecule has 2 rings (SSSR count). The van der Waals surface area contributed by atoms with E-state index in [2.05, 4.69) is 4.74 Å². The van der Waals surface area contributed by atoms with Crippen molar-refractivity contribution in [1.29, 1.82) is 0 Å². The molecule has 0 bridgehead atoms. The Morgan fingerprint density at radius 2 is 1.70 bits per heavy atom. The lowest BCUT2D eigenvalue weighted by molar-refractivity contribution is -0.274. The zero-order chi connectivity index (χ0) is 24.6. The van der Waals surface area contributed by atoms with Gasteiger partial charge in [-0.3, -0.25) is 10.0 Å². The molecule has 2 aromatic rings. The van der Waals surface area contributed by atoms with Crippen LogP contribution in [0.2, 0.25) is 0 Å². The fraction of sp³-hybridized carbons (Fsp3) is 0.350. The molecule has 1 N–H and O–H groups in total. The van der Waals surface area contributed by atoms with Crippen LogP contribution in [0.3, 0.4) is 0 Å². The van der Waals surface area contributed by atoms with Gasteiger partial charge in [-0.15, -0.1) is 13.2 Å². The molecule has 0 heterocycles. The smallest absolute Gasteiger partial charge is 0.457 e. The molecule has 0 spiro atoms. The molecule has 33 heavy (non-hydrogen) atoms. The fourth-order valence-electron chi connectivity index (χ4n) is 2.53. The molecular formula is C20H22F3NO8S. The summed E-state index contributed by atoms with van der Waals surface area (Å²) in [5.74, 6) is -0.596. The van der Waals surface area contributed by atoms with Crippen LogP contribution in [0.25, 0.3) is 0 Å². The van der Waals surface area contributed by atoms with Crippen molar-refractivity contribution in [2.24, 2.45) is 0 Å². The third-order valence-corrected chi connectivity index (χ3v) is 5.96. The van der Waals surface area contributed by atoms with Gasteiger partial charge in [0.05, 0.1) is 23.8 Å². The molecule has 0 aliphatic carbocycles. The number of halogens is 3. The lowest BCUT2D eigenvalue weighted by Crippen LogP contribution is -2.25. The van der Waals surface area contributed by atoms with Crippen LogP contribution < -0.4 is 9.47 Å². The van der Waals surface area contributed by atoms with Crippen molar-refractivity contribution in [3.8, 4) is 17.2 Å². The number of ether oxygens (including phenoxy) is 4. The quantitative estimate of drug-likeness (QED) is 0.207. The number of hydrogen-bond acceptors (Lipinski definition) is 8. The summed E-state index contributed by atoms with van der Waals surface area (Å²) in [6, 6.07) is 8.66. The summed E-state index contributed by atoms with van der Waals surface area (Å²) in [7, 11) is -2.52. The number of methoxy groups -OCH3 is 1. The normalized spacial score (nSPS) is 12.8. The minimum absolute atomic E-state index is 0.0851. The van der Waals surface area contributed by atoms with Crippen LogP contribution in [0.5, 0.6) is 17.2 Å². The van der Waals surface area contributed by atoms with Crippen LogP contribution in [0.15, 0.2) is 47.4 Å². The van der Waals surface area contributed by atoms with E-state index in [1.54, 1.807) is 6.92 Å². The summed E-state index contributed by atoms with van der Waals surface area (Å²) in [5, 5.41) is 9.42. The highest BCUT2D eigenvalue weighted by Gasteiger charge is 2.31. The van der Waals surface area contributed by atoms with E-state index in [1.807, 2.05) is 0 Å². The first-order chi connectivity index (χ1) is 15.4. The Labute approximate surface area is 188 Å².